The third-order valence-electron chi connectivity index (χ3n) is 3.01. The Kier molecular flexibility index (Phi) is 5.52. The van der Waals surface area contributed by atoms with Crippen LogP contribution in [0.25, 0.3) is 0 Å². The Morgan fingerprint density at radius 2 is 1.45 bits per heavy atom. The fourth-order valence-corrected chi connectivity index (χ4v) is 1.91. The van der Waals surface area contributed by atoms with E-state index in [1.54, 1.807) is 12.1 Å². The second kappa shape index (κ2) is 7.59. The predicted octanol–water partition coefficient (Wildman–Crippen LogP) is 5.11. The van der Waals surface area contributed by atoms with Gasteiger partial charge < -0.3 is 4.84 Å². The predicted molar refractivity (Wildman–Crippen MR) is 75.2 cm³/mol. The molecule has 0 saturated carbocycles. The van der Waals surface area contributed by atoms with Crippen LogP contribution in [0.15, 0.2) is 53.7 Å². The summed E-state index contributed by atoms with van der Waals surface area (Å²) in [7, 11) is 0. The third-order valence-corrected chi connectivity index (χ3v) is 3.01. The summed E-state index contributed by atoms with van der Waals surface area (Å²) in [4.78, 5) is 4.94. The molecule has 0 bridgehead atoms. The van der Waals surface area contributed by atoms with E-state index in [-0.39, 0.29) is 23.3 Å². The highest BCUT2D eigenvalue weighted by Crippen LogP contribution is 2.23. The topological polar surface area (TPSA) is 21.6 Å². The van der Waals surface area contributed by atoms with Gasteiger partial charge in [-0.05, 0) is 0 Å². The van der Waals surface area contributed by atoms with Gasteiger partial charge in [-0.25, -0.2) is 17.6 Å². The van der Waals surface area contributed by atoms with Crippen LogP contribution in [0.1, 0.15) is 35.1 Å². The molecule has 0 aromatic heterocycles. The van der Waals surface area contributed by atoms with Crippen LogP contribution in [0.4, 0.5) is 17.6 Å². The van der Waals surface area contributed by atoms with E-state index in [4.69, 9.17) is 4.84 Å². The highest BCUT2D eigenvalue weighted by molar-refractivity contribution is 5.81. The van der Waals surface area contributed by atoms with E-state index in [0.717, 1.165) is 6.21 Å². The van der Waals surface area contributed by atoms with Gasteiger partial charge in [0.2, 0.25) is 0 Å². The maximum atomic E-state index is 12.8. The van der Waals surface area contributed by atoms with Crippen LogP contribution in [0.3, 0.4) is 0 Å². The van der Waals surface area contributed by atoms with E-state index in [0.29, 0.717) is 5.56 Å². The molecule has 0 amide bonds. The number of benzene rings is 2. The molecule has 22 heavy (non-hydrogen) atoms. The van der Waals surface area contributed by atoms with Crippen molar-refractivity contribution in [2.75, 3.05) is 0 Å². The van der Waals surface area contributed by atoms with Crippen molar-refractivity contribution in [3.05, 3.63) is 70.8 Å². The van der Waals surface area contributed by atoms with Crippen molar-refractivity contribution < 1.29 is 22.4 Å². The van der Waals surface area contributed by atoms with Gasteiger partial charge >= 0.3 is 0 Å². The second-order valence-corrected chi connectivity index (χ2v) is 4.44. The van der Waals surface area contributed by atoms with E-state index >= 15 is 0 Å². The lowest BCUT2D eigenvalue weighted by atomic mass is 10.1. The van der Waals surface area contributed by atoms with Crippen LogP contribution in [-0.4, -0.2) is 6.21 Å². The minimum absolute atomic E-state index is 0.134. The first kappa shape index (κ1) is 16.0. The van der Waals surface area contributed by atoms with Crippen molar-refractivity contribution in [1.29, 1.82) is 0 Å². The van der Waals surface area contributed by atoms with Gasteiger partial charge in [0.25, 0.3) is 12.9 Å². The van der Waals surface area contributed by atoms with E-state index < -0.39 is 12.9 Å². The molecule has 2 aromatic carbocycles. The molecular formula is C16H13F4NO. The van der Waals surface area contributed by atoms with Crippen LogP contribution < -0.4 is 0 Å². The van der Waals surface area contributed by atoms with E-state index in [9.17, 15) is 17.6 Å². The molecular weight excluding hydrogens is 298 g/mol. The molecule has 2 aromatic rings. The average molecular weight is 311 g/mol. The molecule has 0 atom stereocenters. The molecule has 2 nitrogen and oxygen atoms in total. The van der Waals surface area contributed by atoms with Crippen molar-refractivity contribution in [3.8, 4) is 0 Å². The molecule has 0 fully saturated rings. The van der Waals surface area contributed by atoms with Crippen LogP contribution in [0.2, 0.25) is 0 Å². The molecule has 2 rings (SSSR count). The third kappa shape index (κ3) is 4.07. The van der Waals surface area contributed by atoms with Gasteiger partial charge in [0.15, 0.2) is 0 Å². The van der Waals surface area contributed by atoms with Crippen molar-refractivity contribution >= 4 is 6.21 Å². The van der Waals surface area contributed by atoms with Crippen molar-refractivity contribution in [1.82, 2.24) is 0 Å². The zero-order valence-corrected chi connectivity index (χ0v) is 11.4. The number of nitrogens with zero attached hydrogens (tertiary/aromatic N) is 1. The number of hydrogen-bond acceptors (Lipinski definition) is 2. The summed E-state index contributed by atoms with van der Waals surface area (Å²) < 4.78 is 51.0. The summed E-state index contributed by atoms with van der Waals surface area (Å²) in [6, 6.07) is 11.8. The van der Waals surface area contributed by atoms with Crippen LogP contribution >= 0.6 is 0 Å². The summed E-state index contributed by atoms with van der Waals surface area (Å²) in [5.41, 5.74) is 0.227. The first-order chi connectivity index (χ1) is 10.6. The zero-order chi connectivity index (χ0) is 15.9. The summed E-state index contributed by atoms with van der Waals surface area (Å²) >= 11 is 0. The molecule has 0 radical (unpaired) electrons. The number of alkyl halides is 4. The molecule has 0 N–H and O–H groups in total. The van der Waals surface area contributed by atoms with Gasteiger partial charge in [0.05, 0.1) is 6.21 Å². The van der Waals surface area contributed by atoms with Gasteiger partial charge in [-0.3, -0.25) is 0 Å². The Balaban J connectivity index is 2.03. The second-order valence-electron chi connectivity index (χ2n) is 4.44. The Labute approximate surface area is 125 Å². The van der Waals surface area contributed by atoms with Gasteiger partial charge in [0.1, 0.15) is 6.61 Å². The Morgan fingerprint density at radius 1 is 0.864 bits per heavy atom. The summed E-state index contributed by atoms with van der Waals surface area (Å²) in [6.07, 6.45) is -4.09. The summed E-state index contributed by atoms with van der Waals surface area (Å²) in [5.74, 6) is 0. The molecule has 6 heteroatoms. The summed E-state index contributed by atoms with van der Waals surface area (Å²) in [6.45, 7) is -0.159. The molecule has 0 unspecified atom stereocenters. The average Bonchev–Trinajstić information content (AvgIpc) is 2.52. The van der Waals surface area contributed by atoms with Gasteiger partial charge in [0, 0.05) is 22.3 Å². The smallest absolute Gasteiger partial charge is 0.264 e. The van der Waals surface area contributed by atoms with Crippen LogP contribution in [-0.2, 0) is 11.4 Å². The number of oxime groups is 1. The quantitative estimate of drug-likeness (QED) is 0.412. The highest BCUT2D eigenvalue weighted by Gasteiger charge is 2.12. The highest BCUT2D eigenvalue weighted by atomic mass is 19.3. The van der Waals surface area contributed by atoms with Gasteiger partial charge in [-0.2, -0.15) is 0 Å². The fraction of sp³-hybridized carbons (Fsp3) is 0.188. The Bertz CT molecular complexity index is 644. The Morgan fingerprint density at radius 3 is 2.14 bits per heavy atom. The molecule has 0 heterocycles. The van der Waals surface area contributed by atoms with E-state index in [2.05, 4.69) is 5.16 Å². The van der Waals surface area contributed by atoms with E-state index in [1.807, 2.05) is 0 Å². The van der Waals surface area contributed by atoms with Crippen molar-refractivity contribution in [2.45, 2.75) is 19.5 Å². The largest absolute Gasteiger partial charge is 0.391 e. The van der Waals surface area contributed by atoms with Gasteiger partial charge in [-0.15, -0.1) is 0 Å². The lowest BCUT2D eigenvalue weighted by Crippen LogP contribution is -1.97. The molecule has 0 spiro atoms. The maximum absolute atomic E-state index is 12.8. The number of hydrogen-bond donors (Lipinski definition) is 0. The lowest BCUT2D eigenvalue weighted by Gasteiger charge is -2.07. The summed E-state index contributed by atoms with van der Waals surface area (Å²) in [5, 5.41) is 3.58. The minimum Gasteiger partial charge on any atom is -0.391 e. The van der Waals surface area contributed by atoms with Crippen molar-refractivity contribution in [3.63, 3.8) is 0 Å². The number of halogens is 4. The monoisotopic (exact) mass is 311 g/mol. The van der Waals surface area contributed by atoms with Crippen LogP contribution in [0.5, 0.6) is 0 Å². The van der Waals surface area contributed by atoms with Gasteiger partial charge in [-0.1, -0.05) is 53.7 Å². The Hall–Kier alpha value is -2.37. The first-order valence-electron chi connectivity index (χ1n) is 6.48. The molecule has 0 aliphatic carbocycles. The minimum atomic E-state index is -2.62. The molecule has 0 aliphatic rings. The molecule has 0 aliphatic heterocycles. The van der Waals surface area contributed by atoms with Crippen LogP contribution in [0, 0.1) is 0 Å². The fourth-order valence-electron chi connectivity index (χ4n) is 1.91. The lowest BCUT2D eigenvalue weighted by molar-refractivity contribution is 0.119. The maximum Gasteiger partial charge on any atom is 0.264 e. The first-order valence-corrected chi connectivity index (χ1v) is 6.48. The number of rotatable bonds is 6. The normalized spacial score (nSPS) is 11.5. The molecule has 116 valence electrons. The molecule has 0 saturated heterocycles. The van der Waals surface area contributed by atoms with Crippen molar-refractivity contribution in [2.24, 2.45) is 5.16 Å². The van der Waals surface area contributed by atoms with E-state index in [1.165, 1.54) is 36.4 Å². The zero-order valence-electron chi connectivity index (χ0n) is 11.4. The SMILES string of the molecule is FC(F)c1ccccc1C=NOCc1ccccc1C(F)F. The standard InChI is InChI=1S/C16H13F4NO/c17-15(18)13-7-3-1-5-11(13)9-21-22-10-12-6-2-4-8-14(12)16(19)20/h1-9,15-16H,10H2.